The first-order valence-electron chi connectivity index (χ1n) is 5.91. The molecule has 0 aliphatic carbocycles. The molecule has 0 aromatic heterocycles. The monoisotopic (exact) mass is 349 g/mol. The van der Waals surface area contributed by atoms with E-state index in [1.54, 1.807) is 6.07 Å². The number of hydrogen-bond acceptors (Lipinski definition) is 4. The molecular formula is C12H16BrNO4S. The first-order chi connectivity index (χ1) is 8.94. The van der Waals surface area contributed by atoms with E-state index in [-0.39, 0.29) is 17.0 Å². The summed E-state index contributed by atoms with van der Waals surface area (Å²) in [4.78, 5) is 0.208. The molecule has 0 radical (unpaired) electrons. The van der Waals surface area contributed by atoms with E-state index in [1.165, 1.54) is 19.2 Å². The van der Waals surface area contributed by atoms with Crippen LogP contribution in [0.25, 0.3) is 0 Å². The molecule has 0 bridgehead atoms. The SMILES string of the molecule is COc1ccc(S(=O)(=O)NC2CCOC2C)cc1Br. The summed E-state index contributed by atoms with van der Waals surface area (Å²) in [6, 6.07) is 4.49. The molecule has 7 heteroatoms. The number of halogens is 1. The zero-order chi connectivity index (χ0) is 14.0. The maximum atomic E-state index is 12.3. The van der Waals surface area contributed by atoms with Crippen LogP contribution >= 0.6 is 15.9 Å². The Morgan fingerprint density at radius 3 is 2.74 bits per heavy atom. The molecule has 1 aliphatic heterocycles. The van der Waals surface area contributed by atoms with Gasteiger partial charge in [0, 0.05) is 6.61 Å². The molecule has 1 N–H and O–H groups in total. The Labute approximate surface area is 121 Å². The molecule has 2 unspecified atom stereocenters. The van der Waals surface area contributed by atoms with Crippen molar-refractivity contribution in [3.8, 4) is 5.75 Å². The Balaban J connectivity index is 2.22. The Morgan fingerprint density at radius 1 is 1.47 bits per heavy atom. The van der Waals surface area contributed by atoms with Gasteiger partial charge in [-0.15, -0.1) is 0 Å². The molecule has 106 valence electrons. The van der Waals surface area contributed by atoms with Crippen molar-refractivity contribution in [3.63, 3.8) is 0 Å². The van der Waals surface area contributed by atoms with Crippen LogP contribution in [0.2, 0.25) is 0 Å². The minimum atomic E-state index is -3.54. The van der Waals surface area contributed by atoms with E-state index in [0.29, 0.717) is 23.2 Å². The zero-order valence-corrected chi connectivity index (χ0v) is 13.1. The van der Waals surface area contributed by atoms with E-state index in [9.17, 15) is 8.42 Å². The summed E-state index contributed by atoms with van der Waals surface area (Å²) in [5, 5.41) is 0. The van der Waals surface area contributed by atoms with E-state index in [2.05, 4.69) is 20.7 Å². The van der Waals surface area contributed by atoms with Gasteiger partial charge in [-0.05, 0) is 47.5 Å². The van der Waals surface area contributed by atoms with Crippen LogP contribution in [0.1, 0.15) is 13.3 Å². The highest BCUT2D eigenvalue weighted by atomic mass is 79.9. The normalized spacial score (nSPS) is 23.5. The molecular weight excluding hydrogens is 334 g/mol. The summed E-state index contributed by atoms with van der Waals surface area (Å²) >= 11 is 3.28. The summed E-state index contributed by atoms with van der Waals surface area (Å²) in [5.74, 6) is 0.594. The van der Waals surface area contributed by atoms with Gasteiger partial charge in [0.2, 0.25) is 10.0 Å². The lowest BCUT2D eigenvalue weighted by Gasteiger charge is -2.16. The second-order valence-electron chi connectivity index (χ2n) is 4.39. The van der Waals surface area contributed by atoms with Gasteiger partial charge in [0.1, 0.15) is 5.75 Å². The third-order valence-corrected chi connectivity index (χ3v) is 5.22. The van der Waals surface area contributed by atoms with Gasteiger partial charge in [-0.25, -0.2) is 13.1 Å². The number of sulfonamides is 1. The summed E-state index contributed by atoms with van der Waals surface area (Å²) < 4.78 is 38.2. The van der Waals surface area contributed by atoms with Gasteiger partial charge in [-0.1, -0.05) is 0 Å². The standard InChI is InChI=1S/C12H16BrNO4S/c1-8-11(5-6-18-8)14-19(15,16)9-3-4-12(17-2)10(13)7-9/h3-4,7-8,11,14H,5-6H2,1-2H3. The number of nitrogens with one attached hydrogen (secondary N) is 1. The van der Waals surface area contributed by atoms with Gasteiger partial charge in [0.25, 0.3) is 0 Å². The lowest BCUT2D eigenvalue weighted by molar-refractivity contribution is 0.117. The Bertz CT molecular complexity index is 561. The number of rotatable bonds is 4. The highest BCUT2D eigenvalue weighted by molar-refractivity contribution is 9.10. The van der Waals surface area contributed by atoms with Gasteiger partial charge in [-0.2, -0.15) is 0 Å². The highest BCUT2D eigenvalue weighted by Gasteiger charge is 2.29. The zero-order valence-electron chi connectivity index (χ0n) is 10.7. The van der Waals surface area contributed by atoms with Gasteiger partial charge in [0.15, 0.2) is 0 Å². The average Bonchev–Trinajstić information content (AvgIpc) is 2.74. The van der Waals surface area contributed by atoms with Gasteiger partial charge in [-0.3, -0.25) is 0 Å². The maximum absolute atomic E-state index is 12.3. The predicted octanol–water partition coefficient (Wildman–Crippen LogP) is 1.91. The molecule has 0 amide bonds. The molecule has 1 aliphatic rings. The van der Waals surface area contributed by atoms with Crippen molar-refractivity contribution < 1.29 is 17.9 Å². The summed E-state index contributed by atoms with van der Waals surface area (Å²) in [7, 11) is -2.01. The van der Waals surface area contributed by atoms with Crippen LogP contribution in [0.3, 0.4) is 0 Å². The van der Waals surface area contributed by atoms with Crippen molar-refractivity contribution in [2.75, 3.05) is 13.7 Å². The third kappa shape index (κ3) is 3.28. The second-order valence-corrected chi connectivity index (χ2v) is 6.96. The first kappa shape index (κ1) is 14.8. The average molecular weight is 350 g/mol. The first-order valence-corrected chi connectivity index (χ1v) is 8.19. The van der Waals surface area contributed by atoms with Crippen molar-refractivity contribution in [2.24, 2.45) is 0 Å². The smallest absolute Gasteiger partial charge is 0.240 e. The fraction of sp³-hybridized carbons (Fsp3) is 0.500. The van der Waals surface area contributed by atoms with Crippen LogP contribution in [0.5, 0.6) is 5.75 Å². The van der Waals surface area contributed by atoms with E-state index >= 15 is 0 Å². The fourth-order valence-electron chi connectivity index (χ4n) is 1.97. The molecule has 1 aromatic rings. The fourth-order valence-corrected chi connectivity index (χ4v) is 4.02. The van der Waals surface area contributed by atoms with Crippen molar-refractivity contribution in [3.05, 3.63) is 22.7 Å². The third-order valence-electron chi connectivity index (χ3n) is 3.12. The minimum Gasteiger partial charge on any atom is -0.496 e. The molecule has 5 nitrogen and oxygen atoms in total. The molecule has 2 atom stereocenters. The van der Waals surface area contributed by atoms with Gasteiger partial charge in [0.05, 0.1) is 28.6 Å². The number of ether oxygens (including phenoxy) is 2. The van der Waals surface area contributed by atoms with Crippen LogP contribution in [0, 0.1) is 0 Å². The number of methoxy groups -OCH3 is 1. The van der Waals surface area contributed by atoms with Crippen LogP contribution in [-0.2, 0) is 14.8 Å². The van der Waals surface area contributed by atoms with E-state index in [0.717, 1.165) is 0 Å². The summed E-state index contributed by atoms with van der Waals surface area (Å²) in [5.41, 5.74) is 0. The van der Waals surface area contributed by atoms with Crippen LogP contribution in [0.4, 0.5) is 0 Å². The molecule has 2 rings (SSSR count). The lowest BCUT2D eigenvalue weighted by Crippen LogP contribution is -2.39. The van der Waals surface area contributed by atoms with Crippen molar-refractivity contribution in [1.82, 2.24) is 4.72 Å². The van der Waals surface area contributed by atoms with E-state index in [1.807, 2.05) is 6.92 Å². The molecule has 0 saturated carbocycles. The molecule has 1 heterocycles. The van der Waals surface area contributed by atoms with Crippen molar-refractivity contribution in [1.29, 1.82) is 0 Å². The number of benzene rings is 1. The Morgan fingerprint density at radius 2 is 2.21 bits per heavy atom. The van der Waals surface area contributed by atoms with E-state index in [4.69, 9.17) is 9.47 Å². The Hall–Kier alpha value is -0.630. The summed E-state index contributed by atoms with van der Waals surface area (Å²) in [6.07, 6.45) is 0.592. The van der Waals surface area contributed by atoms with Crippen LogP contribution in [-0.4, -0.2) is 34.3 Å². The molecule has 0 spiro atoms. The molecule has 1 aromatic carbocycles. The van der Waals surface area contributed by atoms with E-state index < -0.39 is 10.0 Å². The van der Waals surface area contributed by atoms with Gasteiger partial charge < -0.3 is 9.47 Å². The lowest BCUT2D eigenvalue weighted by atomic mass is 10.2. The van der Waals surface area contributed by atoms with Crippen LogP contribution < -0.4 is 9.46 Å². The molecule has 19 heavy (non-hydrogen) atoms. The minimum absolute atomic E-state index is 0.100. The highest BCUT2D eigenvalue weighted by Crippen LogP contribution is 2.27. The second kappa shape index (κ2) is 5.78. The van der Waals surface area contributed by atoms with Gasteiger partial charge >= 0.3 is 0 Å². The van der Waals surface area contributed by atoms with Crippen LogP contribution in [0.15, 0.2) is 27.6 Å². The largest absolute Gasteiger partial charge is 0.496 e. The maximum Gasteiger partial charge on any atom is 0.240 e. The molecule has 1 fully saturated rings. The predicted molar refractivity (Wildman–Crippen MR) is 74.8 cm³/mol. The topological polar surface area (TPSA) is 64.6 Å². The van der Waals surface area contributed by atoms with Crippen molar-refractivity contribution >= 4 is 26.0 Å². The van der Waals surface area contributed by atoms with Crippen molar-refractivity contribution in [2.45, 2.75) is 30.4 Å². The number of hydrogen-bond donors (Lipinski definition) is 1. The quantitative estimate of drug-likeness (QED) is 0.901. The Kier molecular flexibility index (Phi) is 4.50. The summed E-state index contributed by atoms with van der Waals surface area (Å²) in [6.45, 7) is 2.45. The molecule has 1 saturated heterocycles.